The Labute approximate surface area is 204 Å². The van der Waals surface area contributed by atoms with Crippen molar-refractivity contribution in [1.29, 1.82) is 0 Å². The number of nitrogens with one attached hydrogen (secondary N) is 1. The monoisotopic (exact) mass is 506 g/mol. The van der Waals surface area contributed by atoms with Gasteiger partial charge < -0.3 is 15.0 Å². The summed E-state index contributed by atoms with van der Waals surface area (Å²) in [5, 5.41) is 13.9. The van der Waals surface area contributed by atoms with Crippen molar-refractivity contribution in [2.75, 3.05) is 30.8 Å². The van der Waals surface area contributed by atoms with Gasteiger partial charge in [0, 0.05) is 25.2 Å². The molecule has 1 unspecified atom stereocenters. The minimum absolute atomic E-state index is 0.0186. The molecule has 12 heteroatoms. The lowest BCUT2D eigenvalue weighted by atomic mass is 10.1. The number of aryl methyl sites for hydroxylation is 1. The average molecular weight is 507 g/mol. The number of likely N-dealkylation sites (N-methyl/N-ethyl adjacent to an activating group) is 1. The van der Waals surface area contributed by atoms with Crippen LogP contribution in [-0.2, 0) is 26.2 Å². The fraction of sp³-hybridized carbons (Fsp3) is 0.391. The van der Waals surface area contributed by atoms with Crippen molar-refractivity contribution < 1.29 is 27.7 Å². The van der Waals surface area contributed by atoms with Crippen LogP contribution >= 0.6 is 0 Å². The molecule has 2 rings (SSSR count). The summed E-state index contributed by atoms with van der Waals surface area (Å²) in [5.74, 6) is -0.421. The molecule has 0 heterocycles. The Balaban J connectivity index is 2.46. The molecule has 2 aromatic carbocycles. The molecule has 0 aliphatic rings. The summed E-state index contributed by atoms with van der Waals surface area (Å²) in [7, 11) is -2.48. The summed E-state index contributed by atoms with van der Waals surface area (Å²) >= 11 is 0. The first-order valence-electron chi connectivity index (χ1n) is 10.8. The molecule has 0 spiro atoms. The molecule has 0 aliphatic carbocycles. The lowest BCUT2D eigenvalue weighted by Gasteiger charge is -2.31. The van der Waals surface area contributed by atoms with Crippen LogP contribution in [0.25, 0.3) is 0 Å². The van der Waals surface area contributed by atoms with Gasteiger partial charge in [0.05, 0.1) is 24.0 Å². The molecular formula is C23H30N4O7S. The highest BCUT2D eigenvalue weighted by molar-refractivity contribution is 7.92. The third-order valence-corrected chi connectivity index (χ3v) is 6.51. The smallest absolute Gasteiger partial charge is 0.271 e. The molecule has 0 aliphatic heterocycles. The maximum absolute atomic E-state index is 13.5. The predicted molar refractivity (Wildman–Crippen MR) is 132 cm³/mol. The molecule has 0 fully saturated rings. The van der Waals surface area contributed by atoms with E-state index in [1.54, 1.807) is 45.0 Å². The van der Waals surface area contributed by atoms with Gasteiger partial charge >= 0.3 is 0 Å². The van der Waals surface area contributed by atoms with Crippen molar-refractivity contribution in [1.82, 2.24) is 10.2 Å². The van der Waals surface area contributed by atoms with Gasteiger partial charge in [-0.25, -0.2) is 8.42 Å². The van der Waals surface area contributed by atoms with Gasteiger partial charge in [0.25, 0.3) is 5.69 Å². The van der Waals surface area contributed by atoms with Gasteiger partial charge in [-0.1, -0.05) is 18.2 Å². The Morgan fingerprint density at radius 2 is 1.80 bits per heavy atom. The zero-order chi connectivity index (χ0) is 26.3. The SMILES string of the molecule is CCNC(=O)C(C)N(Cc1ccc(OC)cc1)C(=O)CN(c1cc([N+](=O)[O-])ccc1C)S(C)(=O)=O. The van der Waals surface area contributed by atoms with Crippen molar-refractivity contribution in [3.8, 4) is 5.75 Å². The fourth-order valence-corrected chi connectivity index (χ4v) is 4.31. The molecule has 11 nitrogen and oxygen atoms in total. The van der Waals surface area contributed by atoms with Crippen molar-refractivity contribution in [2.45, 2.75) is 33.4 Å². The fourth-order valence-electron chi connectivity index (χ4n) is 3.41. The predicted octanol–water partition coefficient (Wildman–Crippen LogP) is 2.23. The lowest BCUT2D eigenvalue weighted by molar-refractivity contribution is -0.384. The van der Waals surface area contributed by atoms with Crippen LogP contribution in [0.1, 0.15) is 25.0 Å². The van der Waals surface area contributed by atoms with Gasteiger partial charge in [0.15, 0.2) is 0 Å². The van der Waals surface area contributed by atoms with Gasteiger partial charge in [0.2, 0.25) is 21.8 Å². The molecule has 0 bridgehead atoms. The highest BCUT2D eigenvalue weighted by atomic mass is 32.2. The molecule has 1 N–H and O–H groups in total. The Morgan fingerprint density at radius 1 is 1.17 bits per heavy atom. The number of nitro groups is 1. The number of benzene rings is 2. The summed E-state index contributed by atoms with van der Waals surface area (Å²) < 4.78 is 31.3. The number of rotatable bonds is 11. The first kappa shape index (κ1) is 27.6. The number of anilines is 1. The first-order valence-corrected chi connectivity index (χ1v) is 12.7. The van der Waals surface area contributed by atoms with E-state index in [0.29, 0.717) is 23.4 Å². The highest BCUT2D eigenvalue weighted by Gasteiger charge is 2.31. The summed E-state index contributed by atoms with van der Waals surface area (Å²) in [5.41, 5.74) is 0.850. The molecule has 1 atom stereocenters. The van der Waals surface area contributed by atoms with E-state index in [2.05, 4.69) is 5.32 Å². The van der Waals surface area contributed by atoms with Crippen molar-refractivity contribution in [2.24, 2.45) is 0 Å². The zero-order valence-corrected chi connectivity index (χ0v) is 21.2. The molecule has 35 heavy (non-hydrogen) atoms. The minimum Gasteiger partial charge on any atom is -0.497 e. The summed E-state index contributed by atoms with van der Waals surface area (Å²) in [6.07, 6.45) is 0.916. The average Bonchev–Trinajstić information content (AvgIpc) is 2.80. The second kappa shape index (κ2) is 11.6. The minimum atomic E-state index is -4.00. The number of nitro benzene ring substituents is 1. The molecular weight excluding hydrogens is 476 g/mol. The van der Waals surface area contributed by atoms with E-state index < -0.39 is 39.3 Å². The summed E-state index contributed by atoms with van der Waals surface area (Å²) in [4.78, 5) is 37.9. The number of hydrogen-bond acceptors (Lipinski definition) is 7. The van der Waals surface area contributed by atoms with Crippen LogP contribution in [0.5, 0.6) is 5.75 Å². The van der Waals surface area contributed by atoms with E-state index in [-0.39, 0.29) is 17.9 Å². The molecule has 2 aromatic rings. The second-order valence-corrected chi connectivity index (χ2v) is 9.84. The van der Waals surface area contributed by atoms with Gasteiger partial charge in [0.1, 0.15) is 18.3 Å². The van der Waals surface area contributed by atoms with Crippen LogP contribution in [-0.4, -0.2) is 62.6 Å². The molecule has 0 saturated carbocycles. The number of sulfonamides is 1. The van der Waals surface area contributed by atoms with E-state index >= 15 is 0 Å². The summed E-state index contributed by atoms with van der Waals surface area (Å²) in [6.45, 7) is 4.64. The van der Waals surface area contributed by atoms with Gasteiger partial charge in [-0.2, -0.15) is 0 Å². The Morgan fingerprint density at radius 3 is 2.31 bits per heavy atom. The van der Waals surface area contributed by atoms with Gasteiger partial charge in [-0.15, -0.1) is 0 Å². The number of methoxy groups -OCH3 is 1. The number of carbonyl (C=O) groups excluding carboxylic acids is 2. The van der Waals surface area contributed by atoms with E-state index in [1.807, 2.05) is 0 Å². The third kappa shape index (κ3) is 7.15. The van der Waals surface area contributed by atoms with Crippen molar-refractivity contribution in [3.63, 3.8) is 0 Å². The molecule has 0 saturated heterocycles. The van der Waals surface area contributed by atoms with Crippen LogP contribution in [0.15, 0.2) is 42.5 Å². The third-order valence-electron chi connectivity index (χ3n) is 5.38. The lowest BCUT2D eigenvalue weighted by Crippen LogP contribution is -2.51. The molecule has 190 valence electrons. The normalized spacial score (nSPS) is 11.9. The van der Waals surface area contributed by atoms with Crippen molar-refractivity contribution in [3.05, 3.63) is 63.7 Å². The largest absolute Gasteiger partial charge is 0.497 e. The molecule has 0 aromatic heterocycles. The van der Waals surface area contributed by atoms with Crippen molar-refractivity contribution >= 4 is 33.2 Å². The zero-order valence-electron chi connectivity index (χ0n) is 20.3. The Bertz CT molecular complexity index is 1180. The number of nitrogens with zero attached hydrogens (tertiary/aromatic N) is 3. The Hall–Kier alpha value is -3.67. The van der Waals surface area contributed by atoms with E-state index in [9.17, 15) is 28.1 Å². The quantitative estimate of drug-likeness (QED) is 0.364. The van der Waals surface area contributed by atoms with E-state index in [1.165, 1.54) is 24.1 Å². The topological polar surface area (TPSA) is 139 Å². The highest BCUT2D eigenvalue weighted by Crippen LogP contribution is 2.28. The second-order valence-electron chi connectivity index (χ2n) is 7.94. The molecule has 0 radical (unpaired) electrons. The van der Waals surface area contributed by atoms with Gasteiger partial charge in [-0.3, -0.25) is 24.0 Å². The Kier molecular flexibility index (Phi) is 9.18. The van der Waals surface area contributed by atoms with Gasteiger partial charge in [-0.05, 0) is 44.0 Å². The van der Waals surface area contributed by atoms with Crippen LogP contribution in [0.4, 0.5) is 11.4 Å². The van der Waals surface area contributed by atoms with Crippen LogP contribution in [0, 0.1) is 17.0 Å². The number of hydrogen-bond donors (Lipinski definition) is 1. The van der Waals surface area contributed by atoms with Crippen LogP contribution < -0.4 is 14.4 Å². The maximum Gasteiger partial charge on any atom is 0.271 e. The molecule has 2 amide bonds. The van der Waals surface area contributed by atoms with Crippen LogP contribution in [0.2, 0.25) is 0 Å². The standard InChI is InChI=1S/C23H30N4O7S/c1-6-24-23(29)17(3)25(14-18-8-11-20(34-4)12-9-18)22(28)15-26(35(5,32)33)21-13-19(27(30)31)10-7-16(21)2/h7-13,17H,6,14-15H2,1-5H3,(H,24,29). The maximum atomic E-state index is 13.5. The van der Waals surface area contributed by atoms with E-state index in [4.69, 9.17) is 4.74 Å². The number of carbonyl (C=O) groups is 2. The van der Waals surface area contributed by atoms with E-state index in [0.717, 1.165) is 16.6 Å². The number of amides is 2. The number of ether oxygens (including phenoxy) is 1. The first-order chi connectivity index (χ1) is 16.4. The number of non-ortho nitro benzene ring substituents is 1. The summed E-state index contributed by atoms with van der Waals surface area (Å²) in [6, 6.07) is 9.79. The van der Waals surface area contributed by atoms with Crippen LogP contribution in [0.3, 0.4) is 0 Å².